The van der Waals surface area contributed by atoms with Crippen molar-refractivity contribution >= 4 is 34.3 Å². The molecule has 0 aliphatic rings. The zero-order valence-corrected chi connectivity index (χ0v) is 6.42. The zero-order chi connectivity index (χ0) is 4.99. The van der Waals surface area contributed by atoms with Crippen LogP contribution in [0.25, 0.3) is 0 Å². The lowest BCUT2D eigenvalue weighted by Crippen LogP contribution is -2.37. The van der Waals surface area contributed by atoms with Gasteiger partial charge in [-0.05, 0) is 12.2 Å². The first kappa shape index (κ1) is 10.2. The molecule has 0 aromatic carbocycles. The molecule has 0 aliphatic heterocycles. The molecule has 0 radical (unpaired) electrons. The lowest BCUT2D eigenvalue weighted by atomic mass is 11.2. The van der Waals surface area contributed by atoms with Gasteiger partial charge in [0.05, 0.1) is 0 Å². The Balaban J connectivity index is 0. The average Bonchev–Trinajstić information content (AvgIpc) is 1.35. The van der Waals surface area contributed by atoms with Crippen molar-refractivity contribution in [1.82, 2.24) is 10.9 Å². The first-order valence-corrected chi connectivity index (χ1v) is 1.90. The fourth-order valence-corrected chi connectivity index (χ4v) is 0.225. The molecule has 0 spiro atoms. The molecule has 4 N–H and O–H groups in total. The molecule has 0 bridgehead atoms. The van der Waals surface area contributed by atoms with Crippen LogP contribution in [0.1, 0.15) is 0 Å². The van der Waals surface area contributed by atoms with Crippen molar-refractivity contribution < 1.29 is 0 Å². The van der Waals surface area contributed by atoms with Gasteiger partial charge in [-0.1, -0.05) is 0 Å². The van der Waals surface area contributed by atoms with Crippen LogP contribution in [0.2, 0.25) is 0 Å². The van der Waals surface area contributed by atoms with E-state index in [1.54, 1.807) is 7.05 Å². The number of hydrogen-bond acceptors (Lipinski definition) is 2. The van der Waals surface area contributed by atoms with E-state index < -0.39 is 0 Å². The maximum Gasteiger partial charge on any atom is 0.178 e. The maximum absolute atomic E-state index is 4.96. The van der Waals surface area contributed by atoms with E-state index in [1.165, 1.54) is 0 Å². The number of thiocarbonyl (C=S) groups is 1. The Morgan fingerprint density at radius 2 is 2.14 bits per heavy atom. The third-order valence-corrected chi connectivity index (χ3v) is 0.350. The van der Waals surface area contributed by atoms with E-state index in [0.717, 1.165) is 0 Å². The second kappa shape index (κ2) is 6.13. The van der Waals surface area contributed by atoms with Gasteiger partial charge in [-0.15, -0.1) is 17.0 Å². The van der Waals surface area contributed by atoms with Crippen molar-refractivity contribution in [3.8, 4) is 0 Å². The average molecular weight is 186 g/mol. The largest absolute Gasteiger partial charge is 0.375 e. The fourth-order valence-electron chi connectivity index (χ4n) is 0.123. The zero-order valence-electron chi connectivity index (χ0n) is 3.89. The second-order valence-electron chi connectivity index (χ2n) is 0.739. The molecule has 0 aromatic rings. The van der Waals surface area contributed by atoms with Gasteiger partial charge in [0.2, 0.25) is 0 Å². The summed E-state index contributed by atoms with van der Waals surface area (Å²) in [5.41, 5.74) is 9.98. The molecule has 0 fully saturated rings. The molecule has 0 atom stereocenters. The van der Waals surface area contributed by atoms with Crippen molar-refractivity contribution in [3.63, 3.8) is 0 Å². The topological polar surface area (TPSA) is 50.1 Å². The first-order valence-electron chi connectivity index (χ1n) is 1.49. The van der Waals surface area contributed by atoms with Crippen LogP contribution in [0, 0.1) is 0 Å². The molecular formula is C2H8BrN3S. The highest BCUT2D eigenvalue weighted by molar-refractivity contribution is 8.93. The normalized spacial score (nSPS) is 6.43. The summed E-state index contributed by atoms with van der Waals surface area (Å²) in [4.78, 5) is 0. The lowest BCUT2D eigenvalue weighted by Gasteiger charge is -1.95. The number of hydrazine groups is 1. The Morgan fingerprint density at radius 1 is 1.71 bits per heavy atom. The maximum atomic E-state index is 4.96. The minimum Gasteiger partial charge on any atom is -0.375 e. The Kier molecular flexibility index (Phi) is 8.92. The van der Waals surface area contributed by atoms with Crippen LogP contribution in [-0.4, -0.2) is 12.2 Å². The molecule has 5 heteroatoms. The number of rotatable bonds is 1. The van der Waals surface area contributed by atoms with Gasteiger partial charge in [0.1, 0.15) is 0 Å². The summed E-state index contributed by atoms with van der Waals surface area (Å²) >= 11 is 4.40. The van der Waals surface area contributed by atoms with E-state index in [2.05, 4.69) is 23.1 Å². The summed E-state index contributed by atoms with van der Waals surface area (Å²) in [5, 5.41) is 0.262. The smallest absolute Gasteiger partial charge is 0.178 e. The van der Waals surface area contributed by atoms with Gasteiger partial charge < -0.3 is 5.73 Å². The van der Waals surface area contributed by atoms with Crippen molar-refractivity contribution in [1.29, 1.82) is 0 Å². The van der Waals surface area contributed by atoms with Crippen LogP contribution in [0.4, 0.5) is 0 Å². The van der Waals surface area contributed by atoms with Crippen LogP contribution in [0.15, 0.2) is 0 Å². The summed E-state index contributed by atoms with van der Waals surface area (Å²) in [6.07, 6.45) is 0. The minimum absolute atomic E-state index is 0. The highest BCUT2D eigenvalue weighted by Gasteiger charge is 1.72. The van der Waals surface area contributed by atoms with Crippen molar-refractivity contribution in [2.24, 2.45) is 5.73 Å². The number of halogens is 1. The summed E-state index contributed by atoms with van der Waals surface area (Å²) in [7, 11) is 1.69. The Labute approximate surface area is 58.4 Å². The highest BCUT2D eigenvalue weighted by Crippen LogP contribution is 1.44. The van der Waals surface area contributed by atoms with Crippen LogP contribution >= 0.6 is 29.2 Å². The third kappa shape index (κ3) is 10.7. The van der Waals surface area contributed by atoms with E-state index in [9.17, 15) is 0 Å². The van der Waals surface area contributed by atoms with Crippen LogP contribution in [0.5, 0.6) is 0 Å². The Bertz CT molecular complexity index is 56.9. The third-order valence-electron chi connectivity index (χ3n) is 0.248. The summed E-state index contributed by atoms with van der Waals surface area (Å²) in [5.74, 6) is 0. The molecule has 0 unspecified atom stereocenters. The van der Waals surface area contributed by atoms with Gasteiger partial charge in [-0.2, -0.15) is 0 Å². The van der Waals surface area contributed by atoms with Crippen molar-refractivity contribution in [2.75, 3.05) is 7.05 Å². The predicted molar refractivity (Wildman–Crippen MR) is 39.3 cm³/mol. The van der Waals surface area contributed by atoms with Gasteiger partial charge in [0, 0.05) is 7.05 Å². The molecule has 3 nitrogen and oxygen atoms in total. The van der Waals surface area contributed by atoms with E-state index in [0.29, 0.717) is 0 Å². The van der Waals surface area contributed by atoms with E-state index in [1.807, 2.05) is 0 Å². The van der Waals surface area contributed by atoms with Gasteiger partial charge in [-0.25, -0.2) is 5.43 Å². The monoisotopic (exact) mass is 185 g/mol. The molecule has 44 valence electrons. The molecule has 0 aliphatic carbocycles. The molecule has 0 aromatic heterocycles. The quantitative estimate of drug-likeness (QED) is 0.383. The second-order valence-corrected chi connectivity index (χ2v) is 1.18. The van der Waals surface area contributed by atoms with Crippen LogP contribution < -0.4 is 16.6 Å². The lowest BCUT2D eigenvalue weighted by molar-refractivity contribution is 0.772. The molecule has 0 saturated heterocycles. The van der Waals surface area contributed by atoms with Crippen LogP contribution in [0.3, 0.4) is 0 Å². The number of nitrogens with one attached hydrogen (secondary N) is 2. The summed E-state index contributed by atoms with van der Waals surface area (Å²) in [6.45, 7) is 0. The summed E-state index contributed by atoms with van der Waals surface area (Å²) in [6, 6.07) is 0. The Hall–Kier alpha value is 0.130. The van der Waals surface area contributed by atoms with E-state index in [-0.39, 0.29) is 22.1 Å². The molecular weight excluding hydrogens is 178 g/mol. The molecule has 0 rings (SSSR count). The van der Waals surface area contributed by atoms with Gasteiger partial charge in [-0.3, -0.25) is 5.43 Å². The number of hydrogen-bond donors (Lipinski definition) is 3. The van der Waals surface area contributed by atoms with E-state index in [4.69, 9.17) is 5.73 Å². The first-order chi connectivity index (χ1) is 2.77. The molecule has 0 amide bonds. The van der Waals surface area contributed by atoms with Crippen molar-refractivity contribution in [2.45, 2.75) is 0 Å². The predicted octanol–water partition coefficient (Wildman–Crippen LogP) is -0.468. The fraction of sp³-hybridized carbons (Fsp3) is 0.500. The standard InChI is InChI=1S/C2H7N3S.BrH/c1-4-5-2(3)6;/h4H,1H3,(H3,3,5,6);1H. The van der Waals surface area contributed by atoms with E-state index >= 15 is 0 Å². The number of nitrogens with two attached hydrogens (primary N) is 1. The van der Waals surface area contributed by atoms with Gasteiger partial charge >= 0.3 is 0 Å². The highest BCUT2D eigenvalue weighted by atomic mass is 79.9. The molecule has 7 heavy (non-hydrogen) atoms. The molecule has 0 heterocycles. The Morgan fingerprint density at radius 3 is 2.14 bits per heavy atom. The summed E-state index contributed by atoms with van der Waals surface area (Å²) < 4.78 is 0. The van der Waals surface area contributed by atoms with Gasteiger partial charge in [0.25, 0.3) is 0 Å². The SMILES string of the molecule is Br.CNNC(N)=S. The molecule has 0 saturated carbocycles. The van der Waals surface area contributed by atoms with Gasteiger partial charge in [0.15, 0.2) is 5.11 Å². The minimum atomic E-state index is 0. The van der Waals surface area contributed by atoms with Crippen molar-refractivity contribution in [3.05, 3.63) is 0 Å². The van der Waals surface area contributed by atoms with Crippen LogP contribution in [-0.2, 0) is 0 Å².